The Morgan fingerprint density at radius 1 is 1.61 bits per heavy atom. The van der Waals surface area contributed by atoms with E-state index in [1.165, 1.54) is 0 Å². The van der Waals surface area contributed by atoms with Gasteiger partial charge in [0.1, 0.15) is 0 Å². The lowest BCUT2D eigenvalue weighted by atomic mass is 9.73. The largest absolute Gasteiger partial charge is 0.377 e. The monoisotopic (exact) mass is 316 g/mol. The third-order valence-corrected chi connectivity index (χ3v) is 4.81. The van der Waals surface area contributed by atoms with Crippen molar-refractivity contribution in [1.82, 2.24) is 9.88 Å². The number of hydrogen-bond acceptors (Lipinski definition) is 4. The van der Waals surface area contributed by atoms with Crippen LogP contribution in [0.1, 0.15) is 29.6 Å². The molecule has 2 atom stereocenters. The van der Waals surface area contributed by atoms with E-state index in [2.05, 4.69) is 11.6 Å². The maximum atomic E-state index is 12.7. The summed E-state index contributed by atoms with van der Waals surface area (Å²) in [5.41, 5.74) is 0.544. The van der Waals surface area contributed by atoms with Crippen molar-refractivity contribution in [2.24, 2.45) is 5.41 Å². The van der Waals surface area contributed by atoms with Crippen LogP contribution in [0.25, 0.3) is 0 Å². The molecule has 2 saturated heterocycles. The lowest BCUT2D eigenvalue weighted by molar-refractivity contribution is -0.144. The number of rotatable bonds is 5. The summed E-state index contributed by atoms with van der Waals surface area (Å²) in [6.07, 6.45) is 8.17. The number of hydrogen-bond donors (Lipinski definition) is 0. The second-order valence-corrected chi connectivity index (χ2v) is 6.39. The van der Waals surface area contributed by atoms with E-state index in [1.807, 2.05) is 11.0 Å². The highest BCUT2D eigenvalue weighted by atomic mass is 16.5. The molecule has 0 saturated carbocycles. The van der Waals surface area contributed by atoms with Gasteiger partial charge in [-0.2, -0.15) is 0 Å². The van der Waals surface area contributed by atoms with Gasteiger partial charge in [0.05, 0.1) is 24.9 Å². The van der Waals surface area contributed by atoms with Gasteiger partial charge in [-0.25, -0.2) is 0 Å². The van der Waals surface area contributed by atoms with E-state index in [1.54, 1.807) is 24.5 Å². The summed E-state index contributed by atoms with van der Waals surface area (Å²) in [6, 6.07) is 3.62. The maximum Gasteiger partial charge on any atom is 0.255 e. The number of ether oxygens (including phenoxy) is 2. The zero-order valence-electron chi connectivity index (χ0n) is 13.4. The standard InChI is InChI=1S/C18H24N2O3/c1-2-10-22-14-18-7-4-11-23-16(18)6-9-20(13-18)17(21)15-5-3-8-19-12-15/h2-3,5,8,12,16H,1,4,6-7,9-11,13-14H2. The van der Waals surface area contributed by atoms with E-state index in [4.69, 9.17) is 9.47 Å². The molecule has 3 heterocycles. The SMILES string of the molecule is C=CCOCC12CCCOC1CCN(C(=O)c1cccnc1)C2. The number of piperidine rings is 1. The van der Waals surface area contributed by atoms with Gasteiger partial charge in [0, 0.05) is 37.5 Å². The summed E-state index contributed by atoms with van der Waals surface area (Å²) < 4.78 is 11.8. The van der Waals surface area contributed by atoms with Crippen LogP contribution in [0.2, 0.25) is 0 Å². The van der Waals surface area contributed by atoms with Gasteiger partial charge >= 0.3 is 0 Å². The first-order valence-corrected chi connectivity index (χ1v) is 8.25. The highest BCUT2D eigenvalue weighted by Crippen LogP contribution is 2.40. The van der Waals surface area contributed by atoms with Crippen molar-refractivity contribution in [3.05, 3.63) is 42.7 Å². The molecule has 1 aromatic rings. The van der Waals surface area contributed by atoms with Crippen LogP contribution in [0.4, 0.5) is 0 Å². The van der Waals surface area contributed by atoms with Crippen molar-refractivity contribution in [2.75, 3.05) is 32.9 Å². The molecule has 124 valence electrons. The van der Waals surface area contributed by atoms with Gasteiger partial charge in [-0.05, 0) is 31.4 Å². The molecule has 0 N–H and O–H groups in total. The molecule has 0 spiro atoms. The summed E-state index contributed by atoms with van der Waals surface area (Å²) in [6.45, 7) is 7.06. The minimum atomic E-state index is -0.0998. The van der Waals surface area contributed by atoms with Crippen molar-refractivity contribution < 1.29 is 14.3 Å². The fraction of sp³-hybridized carbons (Fsp3) is 0.556. The van der Waals surface area contributed by atoms with Crippen LogP contribution in [0, 0.1) is 5.41 Å². The minimum absolute atomic E-state index is 0.0465. The Balaban J connectivity index is 1.75. The van der Waals surface area contributed by atoms with Crippen molar-refractivity contribution in [3.63, 3.8) is 0 Å². The lowest BCUT2D eigenvalue weighted by Crippen LogP contribution is -2.58. The minimum Gasteiger partial charge on any atom is -0.377 e. The summed E-state index contributed by atoms with van der Waals surface area (Å²) in [7, 11) is 0. The third kappa shape index (κ3) is 3.46. The molecule has 0 aromatic carbocycles. The number of fused-ring (bicyclic) bond motifs is 1. The molecule has 2 aliphatic rings. The molecule has 2 unspecified atom stereocenters. The van der Waals surface area contributed by atoms with E-state index >= 15 is 0 Å². The van der Waals surface area contributed by atoms with Gasteiger partial charge in [0.15, 0.2) is 0 Å². The zero-order chi connectivity index (χ0) is 16.1. The van der Waals surface area contributed by atoms with Crippen molar-refractivity contribution >= 4 is 5.91 Å². The van der Waals surface area contributed by atoms with E-state index in [0.29, 0.717) is 25.3 Å². The molecular weight excluding hydrogens is 292 g/mol. The molecule has 1 aromatic heterocycles. The fourth-order valence-corrected chi connectivity index (χ4v) is 3.69. The van der Waals surface area contributed by atoms with Gasteiger partial charge in [-0.3, -0.25) is 9.78 Å². The first-order chi connectivity index (χ1) is 11.2. The summed E-state index contributed by atoms with van der Waals surface area (Å²) in [5, 5.41) is 0. The molecule has 1 amide bonds. The average molecular weight is 316 g/mol. The second kappa shape index (κ2) is 7.23. The average Bonchev–Trinajstić information content (AvgIpc) is 2.61. The van der Waals surface area contributed by atoms with Crippen LogP contribution in [0.5, 0.6) is 0 Å². The molecule has 3 rings (SSSR count). The van der Waals surface area contributed by atoms with Gasteiger partial charge in [0.25, 0.3) is 5.91 Å². The highest BCUT2D eigenvalue weighted by molar-refractivity contribution is 5.94. The van der Waals surface area contributed by atoms with Crippen LogP contribution in [0.15, 0.2) is 37.2 Å². The first-order valence-electron chi connectivity index (χ1n) is 8.25. The zero-order valence-corrected chi connectivity index (χ0v) is 13.4. The predicted molar refractivity (Wildman–Crippen MR) is 87.2 cm³/mol. The molecule has 2 aliphatic heterocycles. The predicted octanol–water partition coefficient (Wildman–Crippen LogP) is 2.30. The number of aromatic nitrogens is 1. The molecule has 0 aliphatic carbocycles. The molecule has 2 fully saturated rings. The Hall–Kier alpha value is -1.72. The number of nitrogens with zero attached hydrogens (tertiary/aromatic N) is 2. The van der Waals surface area contributed by atoms with E-state index in [9.17, 15) is 4.79 Å². The Morgan fingerprint density at radius 3 is 3.30 bits per heavy atom. The quantitative estimate of drug-likeness (QED) is 0.618. The number of pyridine rings is 1. The van der Waals surface area contributed by atoms with Crippen LogP contribution in [-0.4, -0.2) is 54.8 Å². The van der Waals surface area contributed by atoms with Crippen molar-refractivity contribution in [1.29, 1.82) is 0 Å². The molecule has 5 heteroatoms. The summed E-state index contributed by atoms with van der Waals surface area (Å²) in [4.78, 5) is 18.7. The Labute approximate surface area is 137 Å². The highest BCUT2D eigenvalue weighted by Gasteiger charge is 2.47. The second-order valence-electron chi connectivity index (χ2n) is 6.39. The summed E-state index contributed by atoms with van der Waals surface area (Å²) in [5.74, 6) is 0.0465. The summed E-state index contributed by atoms with van der Waals surface area (Å²) >= 11 is 0. The van der Waals surface area contributed by atoms with E-state index in [-0.39, 0.29) is 17.4 Å². The van der Waals surface area contributed by atoms with Crippen LogP contribution >= 0.6 is 0 Å². The van der Waals surface area contributed by atoms with E-state index < -0.39 is 0 Å². The lowest BCUT2D eigenvalue weighted by Gasteiger charge is -2.50. The normalized spacial score (nSPS) is 27.3. The Bertz CT molecular complexity index is 548. The number of amides is 1. The smallest absolute Gasteiger partial charge is 0.255 e. The maximum absolute atomic E-state index is 12.7. The van der Waals surface area contributed by atoms with Crippen molar-refractivity contribution in [2.45, 2.75) is 25.4 Å². The van der Waals surface area contributed by atoms with Crippen molar-refractivity contribution in [3.8, 4) is 0 Å². The van der Waals surface area contributed by atoms with Crippen LogP contribution in [-0.2, 0) is 9.47 Å². The molecular formula is C18H24N2O3. The third-order valence-electron chi connectivity index (χ3n) is 4.81. The molecule has 0 bridgehead atoms. The Morgan fingerprint density at radius 2 is 2.52 bits per heavy atom. The topological polar surface area (TPSA) is 51.7 Å². The van der Waals surface area contributed by atoms with Gasteiger partial charge < -0.3 is 14.4 Å². The molecule has 23 heavy (non-hydrogen) atoms. The van der Waals surface area contributed by atoms with Crippen LogP contribution in [0.3, 0.4) is 0 Å². The fourth-order valence-electron chi connectivity index (χ4n) is 3.69. The number of carbonyl (C=O) groups excluding carboxylic acids is 1. The Kier molecular flexibility index (Phi) is 5.08. The first kappa shape index (κ1) is 16.1. The number of carbonyl (C=O) groups is 1. The molecule has 5 nitrogen and oxygen atoms in total. The van der Waals surface area contributed by atoms with E-state index in [0.717, 1.165) is 32.4 Å². The molecule has 0 radical (unpaired) electrons. The van der Waals surface area contributed by atoms with Gasteiger partial charge in [-0.15, -0.1) is 6.58 Å². The van der Waals surface area contributed by atoms with Gasteiger partial charge in [0.2, 0.25) is 0 Å². The van der Waals surface area contributed by atoms with Crippen LogP contribution < -0.4 is 0 Å². The number of likely N-dealkylation sites (tertiary alicyclic amines) is 1. The van der Waals surface area contributed by atoms with Gasteiger partial charge in [-0.1, -0.05) is 6.08 Å².